The number of benzene rings is 4. The second kappa shape index (κ2) is 10.4. The first-order valence-electron chi connectivity index (χ1n) is 10.9. The Balaban J connectivity index is 1.30. The number of anilines is 2. The second-order valence-electron chi connectivity index (χ2n) is 8.06. The van der Waals surface area contributed by atoms with Gasteiger partial charge in [0.2, 0.25) is 0 Å². The number of carbonyl (C=O) groups is 2. The van der Waals surface area contributed by atoms with Gasteiger partial charge in [0.25, 0.3) is 11.8 Å². The largest absolute Gasteiger partial charge is 0.338 e. The lowest BCUT2D eigenvalue weighted by Gasteiger charge is -2.07. The highest BCUT2D eigenvalue weighted by Gasteiger charge is 2.12. The molecule has 0 spiro atoms. The quantitative estimate of drug-likeness (QED) is 0.199. The van der Waals surface area contributed by atoms with Crippen molar-refractivity contribution in [3.63, 3.8) is 0 Å². The second-order valence-corrected chi connectivity index (χ2v) is 9.69. The minimum absolute atomic E-state index is 0.300. The Morgan fingerprint density at radius 2 is 1.16 bits per heavy atom. The zero-order valence-electron chi connectivity index (χ0n) is 18.8. The van der Waals surface area contributed by atoms with Crippen molar-refractivity contribution in [3.8, 4) is 11.4 Å². The summed E-state index contributed by atoms with van der Waals surface area (Å²) in [6.45, 7) is 0. The van der Waals surface area contributed by atoms with Gasteiger partial charge in [-0.25, -0.2) is 4.98 Å². The molecular weight excluding hydrogens is 554 g/mol. The number of rotatable bonds is 5. The fourth-order valence-electron chi connectivity index (χ4n) is 3.62. The number of aromatic amines is 1. The van der Waals surface area contributed by atoms with Gasteiger partial charge in [-0.1, -0.05) is 46.4 Å². The number of halogens is 4. The van der Waals surface area contributed by atoms with E-state index < -0.39 is 0 Å². The fourth-order valence-corrected chi connectivity index (χ4v) is 4.21. The molecule has 2 amide bonds. The highest BCUT2D eigenvalue weighted by Crippen LogP contribution is 2.27. The van der Waals surface area contributed by atoms with Crippen LogP contribution in [0.25, 0.3) is 22.4 Å². The van der Waals surface area contributed by atoms with Gasteiger partial charge in [0.05, 0.1) is 31.1 Å². The third-order valence-electron chi connectivity index (χ3n) is 5.52. The number of imidazole rings is 1. The van der Waals surface area contributed by atoms with Crippen LogP contribution in [0.1, 0.15) is 20.7 Å². The lowest BCUT2D eigenvalue weighted by atomic mass is 10.1. The smallest absolute Gasteiger partial charge is 0.255 e. The summed E-state index contributed by atoms with van der Waals surface area (Å²) in [6, 6.07) is 22.0. The molecule has 0 unspecified atom stereocenters. The Bertz CT molecular complexity index is 1670. The summed E-state index contributed by atoms with van der Waals surface area (Å²) in [4.78, 5) is 33.0. The number of nitrogens with one attached hydrogen (secondary N) is 3. The van der Waals surface area contributed by atoms with E-state index in [2.05, 4.69) is 20.6 Å². The number of aromatic nitrogens is 2. The SMILES string of the molecule is O=C(Nc1ccc(-c2nc3ccc(NC(=O)c4ccc(Cl)c(Cl)c4)cc3[nH]2)cc1)c1ccc(Cl)c(Cl)c1. The van der Waals surface area contributed by atoms with Crippen LogP contribution in [0.3, 0.4) is 0 Å². The van der Waals surface area contributed by atoms with E-state index in [1.165, 1.54) is 12.1 Å². The maximum Gasteiger partial charge on any atom is 0.255 e. The Morgan fingerprint density at radius 1 is 0.622 bits per heavy atom. The first-order chi connectivity index (χ1) is 17.8. The van der Waals surface area contributed by atoms with Crippen molar-refractivity contribution in [2.75, 3.05) is 10.6 Å². The van der Waals surface area contributed by atoms with Crippen molar-refractivity contribution in [2.24, 2.45) is 0 Å². The van der Waals surface area contributed by atoms with Crippen molar-refractivity contribution >= 4 is 80.6 Å². The minimum atomic E-state index is -0.309. The summed E-state index contributed by atoms with van der Waals surface area (Å²) < 4.78 is 0. The molecule has 5 rings (SSSR count). The van der Waals surface area contributed by atoms with E-state index in [0.717, 1.165) is 16.6 Å². The third-order valence-corrected chi connectivity index (χ3v) is 7.00. The maximum atomic E-state index is 12.6. The first kappa shape index (κ1) is 25.1. The molecule has 5 aromatic rings. The standard InChI is InChI=1S/C27H16Cl4N4O2/c28-19-8-3-15(11-21(19)30)26(36)32-17-5-1-14(2-6-17)25-34-23-10-7-18(13-24(23)35-25)33-27(37)16-4-9-20(29)22(31)12-16/h1-13H,(H,32,36)(H,33,37)(H,34,35). The van der Waals surface area contributed by atoms with Crippen LogP contribution in [0.15, 0.2) is 78.9 Å². The summed E-state index contributed by atoms with van der Waals surface area (Å²) in [6.07, 6.45) is 0. The summed E-state index contributed by atoms with van der Waals surface area (Å²) >= 11 is 23.9. The van der Waals surface area contributed by atoms with E-state index in [9.17, 15) is 9.59 Å². The molecule has 0 aliphatic rings. The van der Waals surface area contributed by atoms with Crippen molar-refractivity contribution in [1.82, 2.24) is 9.97 Å². The summed E-state index contributed by atoms with van der Waals surface area (Å²) in [5, 5.41) is 7.06. The number of H-pyrrole nitrogens is 1. The van der Waals surface area contributed by atoms with Crippen molar-refractivity contribution in [3.05, 3.63) is 110 Å². The van der Waals surface area contributed by atoms with Crippen molar-refractivity contribution < 1.29 is 9.59 Å². The Labute approximate surface area is 231 Å². The number of nitrogens with zero attached hydrogens (tertiary/aromatic N) is 1. The van der Waals surface area contributed by atoms with Crippen LogP contribution in [0.5, 0.6) is 0 Å². The van der Waals surface area contributed by atoms with Crippen LogP contribution in [0.2, 0.25) is 20.1 Å². The minimum Gasteiger partial charge on any atom is -0.338 e. The fraction of sp³-hybridized carbons (Fsp3) is 0. The van der Waals surface area contributed by atoms with Gasteiger partial charge in [-0.15, -0.1) is 0 Å². The third kappa shape index (κ3) is 5.58. The summed E-state index contributed by atoms with van der Waals surface area (Å²) in [7, 11) is 0. The van der Waals surface area contributed by atoms with Crippen LogP contribution in [-0.2, 0) is 0 Å². The molecule has 3 N–H and O–H groups in total. The topological polar surface area (TPSA) is 86.9 Å². The predicted molar refractivity (Wildman–Crippen MR) is 150 cm³/mol. The molecule has 1 heterocycles. The lowest BCUT2D eigenvalue weighted by molar-refractivity contribution is 0.101. The van der Waals surface area contributed by atoms with Crippen LogP contribution >= 0.6 is 46.4 Å². The molecule has 0 aliphatic heterocycles. The van der Waals surface area contributed by atoms with Crippen molar-refractivity contribution in [2.45, 2.75) is 0 Å². The van der Waals surface area contributed by atoms with E-state index in [4.69, 9.17) is 46.4 Å². The molecule has 0 saturated heterocycles. The number of carbonyl (C=O) groups excluding carboxylic acids is 2. The molecule has 37 heavy (non-hydrogen) atoms. The average Bonchev–Trinajstić information content (AvgIpc) is 3.31. The molecule has 0 bridgehead atoms. The van der Waals surface area contributed by atoms with Gasteiger partial charge in [0.15, 0.2) is 0 Å². The monoisotopic (exact) mass is 568 g/mol. The van der Waals surface area contributed by atoms with E-state index in [1.807, 2.05) is 18.2 Å². The van der Waals surface area contributed by atoms with Crippen LogP contribution < -0.4 is 10.6 Å². The van der Waals surface area contributed by atoms with Crippen LogP contribution in [-0.4, -0.2) is 21.8 Å². The Hall–Kier alpha value is -3.55. The highest BCUT2D eigenvalue weighted by atomic mass is 35.5. The number of hydrogen-bond donors (Lipinski definition) is 3. The van der Waals surface area contributed by atoms with Gasteiger partial charge in [0, 0.05) is 28.1 Å². The Kier molecular flexibility index (Phi) is 7.09. The van der Waals surface area contributed by atoms with Gasteiger partial charge in [-0.3, -0.25) is 9.59 Å². The van der Waals surface area contributed by atoms with Crippen molar-refractivity contribution in [1.29, 1.82) is 0 Å². The molecular formula is C27H16Cl4N4O2. The van der Waals surface area contributed by atoms with Crippen LogP contribution in [0, 0.1) is 0 Å². The van der Waals surface area contributed by atoms with Gasteiger partial charge in [0.1, 0.15) is 5.82 Å². The van der Waals surface area contributed by atoms with Gasteiger partial charge < -0.3 is 15.6 Å². The first-order valence-corrected chi connectivity index (χ1v) is 12.4. The molecule has 0 fully saturated rings. The Morgan fingerprint density at radius 3 is 1.73 bits per heavy atom. The number of amides is 2. The molecule has 0 saturated carbocycles. The summed E-state index contributed by atoms with van der Waals surface area (Å²) in [5.74, 6) is 0.0342. The van der Waals surface area contributed by atoms with E-state index >= 15 is 0 Å². The number of fused-ring (bicyclic) bond motifs is 1. The average molecular weight is 570 g/mol. The molecule has 6 nitrogen and oxygen atoms in total. The zero-order valence-corrected chi connectivity index (χ0v) is 21.8. The van der Waals surface area contributed by atoms with E-state index in [0.29, 0.717) is 48.4 Å². The maximum absolute atomic E-state index is 12.6. The highest BCUT2D eigenvalue weighted by molar-refractivity contribution is 6.42. The predicted octanol–water partition coefficient (Wildman–Crippen LogP) is 8.35. The molecule has 184 valence electrons. The molecule has 10 heteroatoms. The molecule has 4 aromatic carbocycles. The molecule has 0 aliphatic carbocycles. The number of hydrogen-bond acceptors (Lipinski definition) is 3. The zero-order chi connectivity index (χ0) is 26.1. The van der Waals surface area contributed by atoms with E-state index in [1.54, 1.807) is 48.5 Å². The van der Waals surface area contributed by atoms with Gasteiger partial charge in [-0.05, 0) is 78.9 Å². The van der Waals surface area contributed by atoms with Gasteiger partial charge >= 0.3 is 0 Å². The molecule has 0 radical (unpaired) electrons. The van der Waals surface area contributed by atoms with E-state index in [-0.39, 0.29) is 11.8 Å². The summed E-state index contributed by atoms with van der Waals surface area (Å²) in [5.41, 5.74) is 4.31. The van der Waals surface area contributed by atoms with Crippen LogP contribution in [0.4, 0.5) is 11.4 Å². The van der Waals surface area contributed by atoms with Gasteiger partial charge in [-0.2, -0.15) is 0 Å². The lowest BCUT2D eigenvalue weighted by Crippen LogP contribution is -2.11. The molecule has 1 aromatic heterocycles. The molecule has 0 atom stereocenters. The normalized spacial score (nSPS) is 10.9.